The van der Waals surface area contributed by atoms with E-state index >= 15 is 0 Å². The highest BCUT2D eigenvalue weighted by molar-refractivity contribution is 5.98. The minimum Gasteiger partial charge on any atom is -0.349 e. The van der Waals surface area contributed by atoms with Crippen LogP contribution in [-0.2, 0) is 4.79 Å². The number of halogens is 1. The Balaban J connectivity index is 0.00000225. The van der Waals surface area contributed by atoms with Gasteiger partial charge in [-0.1, -0.05) is 32.1 Å². The van der Waals surface area contributed by atoms with E-state index in [1.807, 2.05) is 24.3 Å². The molecular weight excluding hydrogens is 374 g/mol. The molecule has 2 aliphatic carbocycles. The van der Waals surface area contributed by atoms with Gasteiger partial charge in [-0.15, -0.1) is 12.4 Å². The lowest BCUT2D eigenvalue weighted by atomic mass is 9.67. The minimum absolute atomic E-state index is 0. The normalized spacial score (nSPS) is 27.4. The molecule has 0 radical (unpaired) electrons. The number of carbonyl (C=O) groups is 2. The summed E-state index contributed by atoms with van der Waals surface area (Å²) in [6, 6.07) is 7.64. The van der Waals surface area contributed by atoms with Gasteiger partial charge in [-0.05, 0) is 62.4 Å². The quantitative estimate of drug-likeness (QED) is 0.711. The SMILES string of the molecule is Cl.O=C(NC1CCCCC1)c1ccc(NC(=O)[C@@]23CCCC[C@H]2CNC3)cc1. The summed E-state index contributed by atoms with van der Waals surface area (Å²) in [6.07, 6.45) is 10.3. The van der Waals surface area contributed by atoms with Gasteiger partial charge in [0.2, 0.25) is 5.91 Å². The van der Waals surface area contributed by atoms with Gasteiger partial charge >= 0.3 is 0 Å². The van der Waals surface area contributed by atoms with E-state index in [9.17, 15) is 9.59 Å². The van der Waals surface area contributed by atoms with Gasteiger partial charge in [0.1, 0.15) is 0 Å². The molecule has 154 valence electrons. The zero-order valence-corrected chi connectivity index (χ0v) is 17.3. The van der Waals surface area contributed by atoms with Gasteiger partial charge in [0, 0.05) is 23.8 Å². The van der Waals surface area contributed by atoms with Gasteiger partial charge in [0.15, 0.2) is 0 Å². The van der Waals surface area contributed by atoms with Crippen LogP contribution in [0.25, 0.3) is 0 Å². The van der Waals surface area contributed by atoms with E-state index in [0.29, 0.717) is 17.5 Å². The van der Waals surface area contributed by atoms with Gasteiger partial charge in [0.25, 0.3) is 5.91 Å². The van der Waals surface area contributed by atoms with Crippen LogP contribution in [-0.4, -0.2) is 30.9 Å². The Hall–Kier alpha value is -1.59. The van der Waals surface area contributed by atoms with Crippen molar-refractivity contribution in [3.8, 4) is 0 Å². The lowest BCUT2D eigenvalue weighted by Gasteiger charge is -2.37. The molecule has 1 aliphatic heterocycles. The second-order valence-electron chi connectivity index (χ2n) is 8.57. The van der Waals surface area contributed by atoms with Crippen molar-refractivity contribution in [2.24, 2.45) is 11.3 Å². The Morgan fingerprint density at radius 2 is 1.68 bits per heavy atom. The molecule has 1 aromatic carbocycles. The van der Waals surface area contributed by atoms with Crippen molar-refractivity contribution in [2.75, 3.05) is 18.4 Å². The third-order valence-electron chi connectivity index (χ3n) is 6.84. The highest BCUT2D eigenvalue weighted by Gasteiger charge is 2.49. The second kappa shape index (κ2) is 9.27. The Kier molecular flexibility index (Phi) is 7.00. The maximum Gasteiger partial charge on any atom is 0.251 e. The molecule has 4 rings (SSSR count). The molecule has 3 N–H and O–H groups in total. The number of benzene rings is 1. The predicted molar refractivity (Wildman–Crippen MR) is 114 cm³/mol. The van der Waals surface area contributed by atoms with E-state index in [1.165, 1.54) is 25.7 Å². The van der Waals surface area contributed by atoms with Crippen molar-refractivity contribution in [1.82, 2.24) is 10.6 Å². The van der Waals surface area contributed by atoms with Crippen LogP contribution in [0.4, 0.5) is 5.69 Å². The predicted octanol–water partition coefficient (Wildman–Crippen LogP) is 3.89. The van der Waals surface area contributed by atoms with E-state index < -0.39 is 0 Å². The van der Waals surface area contributed by atoms with Crippen molar-refractivity contribution in [2.45, 2.75) is 63.8 Å². The van der Waals surface area contributed by atoms with Gasteiger partial charge in [-0.2, -0.15) is 0 Å². The Morgan fingerprint density at radius 1 is 0.964 bits per heavy atom. The van der Waals surface area contributed by atoms with Crippen LogP contribution in [0.1, 0.15) is 68.1 Å². The first-order valence-corrected chi connectivity index (χ1v) is 10.6. The van der Waals surface area contributed by atoms with Crippen LogP contribution in [0, 0.1) is 11.3 Å². The highest BCUT2D eigenvalue weighted by atomic mass is 35.5. The molecule has 6 heteroatoms. The van der Waals surface area contributed by atoms with Crippen molar-refractivity contribution >= 4 is 29.9 Å². The maximum atomic E-state index is 13.0. The lowest BCUT2D eigenvalue weighted by Crippen LogP contribution is -2.44. The molecular formula is C22H32ClN3O2. The fourth-order valence-electron chi connectivity index (χ4n) is 5.17. The van der Waals surface area contributed by atoms with Gasteiger partial charge < -0.3 is 16.0 Å². The molecule has 2 saturated carbocycles. The molecule has 1 heterocycles. The van der Waals surface area contributed by atoms with Crippen LogP contribution in [0.5, 0.6) is 0 Å². The molecule has 0 aromatic heterocycles. The summed E-state index contributed by atoms with van der Waals surface area (Å²) >= 11 is 0. The number of amides is 2. The fraction of sp³-hybridized carbons (Fsp3) is 0.636. The minimum atomic E-state index is -0.255. The maximum absolute atomic E-state index is 13.0. The third-order valence-corrected chi connectivity index (χ3v) is 6.84. The number of hydrogen-bond acceptors (Lipinski definition) is 3. The number of nitrogens with one attached hydrogen (secondary N) is 3. The molecule has 1 aromatic rings. The first-order chi connectivity index (χ1) is 13.2. The average Bonchev–Trinajstić information content (AvgIpc) is 3.15. The average molecular weight is 406 g/mol. The molecule has 3 aliphatic rings. The largest absolute Gasteiger partial charge is 0.349 e. The van der Waals surface area contributed by atoms with E-state index in [2.05, 4.69) is 16.0 Å². The summed E-state index contributed by atoms with van der Waals surface area (Å²) in [6.45, 7) is 1.74. The molecule has 0 spiro atoms. The van der Waals surface area contributed by atoms with Crippen molar-refractivity contribution in [1.29, 1.82) is 0 Å². The first kappa shape index (κ1) is 21.1. The van der Waals surface area contributed by atoms with Crippen LogP contribution >= 0.6 is 12.4 Å². The van der Waals surface area contributed by atoms with Crippen molar-refractivity contribution in [3.05, 3.63) is 29.8 Å². The Bertz CT molecular complexity index is 688. The number of fused-ring (bicyclic) bond motifs is 1. The molecule has 1 saturated heterocycles. The summed E-state index contributed by atoms with van der Waals surface area (Å²) in [5, 5.41) is 9.67. The molecule has 3 fully saturated rings. The number of hydrogen-bond donors (Lipinski definition) is 3. The summed E-state index contributed by atoms with van der Waals surface area (Å²) in [7, 11) is 0. The fourth-order valence-corrected chi connectivity index (χ4v) is 5.17. The second-order valence-corrected chi connectivity index (χ2v) is 8.57. The smallest absolute Gasteiger partial charge is 0.251 e. The number of anilines is 1. The Labute approximate surface area is 173 Å². The topological polar surface area (TPSA) is 70.2 Å². The molecule has 2 atom stereocenters. The third kappa shape index (κ3) is 4.36. The van der Waals surface area contributed by atoms with E-state index in [-0.39, 0.29) is 29.6 Å². The van der Waals surface area contributed by atoms with Crippen molar-refractivity contribution < 1.29 is 9.59 Å². The van der Waals surface area contributed by atoms with E-state index in [1.54, 1.807) is 0 Å². The van der Waals surface area contributed by atoms with Crippen LogP contribution < -0.4 is 16.0 Å². The summed E-state index contributed by atoms with van der Waals surface area (Å²) < 4.78 is 0. The Morgan fingerprint density at radius 3 is 2.43 bits per heavy atom. The molecule has 5 nitrogen and oxygen atoms in total. The van der Waals surface area contributed by atoms with E-state index in [4.69, 9.17) is 0 Å². The standard InChI is InChI=1S/C22H31N3O2.ClH/c26-20(24-18-7-2-1-3-8-18)16-9-11-19(12-10-16)25-21(27)22-13-5-4-6-17(22)14-23-15-22;/h9-12,17-18,23H,1-8,13-15H2,(H,24,26)(H,25,27);1H/t17-,22+;/m0./s1. The van der Waals surface area contributed by atoms with Gasteiger partial charge in [-0.25, -0.2) is 0 Å². The molecule has 0 unspecified atom stereocenters. The summed E-state index contributed by atoms with van der Waals surface area (Å²) in [5.74, 6) is 0.578. The first-order valence-electron chi connectivity index (χ1n) is 10.6. The van der Waals surface area contributed by atoms with Crippen LogP contribution in [0.3, 0.4) is 0 Å². The zero-order chi connectivity index (χ0) is 18.7. The van der Waals surface area contributed by atoms with Crippen LogP contribution in [0.2, 0.25) is 0 Å². The molecule has 0 bridgehead atoms. The zero-order valence-electron chi connectivity index (χ0n) is 16.5. The lowest BCUT2D eigenvalue weighted by molar-refractivity contribution is -0.128. The number of carbonyl (C=O) groups excluding carboxylic acids is 2. The van der Waals surface area contributed by atoms with E-state index in [0.717, 1.165) is 50.9 Å². The summed E-state index contributed by atoms with van der Waals surface area (Å²) in [5.41, 5.74) is 1.18. The van der Waals surface area contributed by atoms with Gasteiger partial charge in [0.05, 0.1) is 5.41 Å². The highest BCUT2D eigenvalue weighted by Crippen LogP contribution is 2.44. The number of rotatable bonds is 4. The monoisotopic (exact) mass is 405 g/mol. The summed E-state index contributed by atoms with van der Waals surface area (Å²) in [4.78, 5) is 25.5. The van der Waals surface area contributed by atoms with Gasteiger partial charge in [-0.3, -0.25) is 9.59 Å². The van der Waals surface area contributed by atoms with Crippen LogP contribution in [0.15, 0.2) is 24.3 Å². The van der Waals surface area contributed by atoms with Crippen molar-refractivity contribution in [3.63, 3.8) is 0 Å². The molecule has 2 amide bonds. The molecule has 28 heavy (non-hydrogen) atoms.